The van der Waals surface area contributed by atoms with Gasteiger partial charge in [0.1, 0.15) is 5.60 Å². The Bertz CT molecular complexity index is 413. The first kappa shape index (κ1) is 15.0. The molecule has 0 N–H and O–H groups in total. The molecule has 2 rings (SSSR count). The minimum atomic E-state index is -0.504. The fourth-order valence-corrected chi connectivity index (χ4v) is 3.21. The van der Waals surface area contributed by atoms with E-state index in [0.29, 0.717) is 13.0 Å². The highest BCUT2D eigenvalue weighted by molar-refractivity contribution is 14.1. The van der Waals surface area contributed by atoms with Crippen molar-refractivity contribution >= 4 is 28.4 Å². The van der Waals surface area contributed by atoms with Crippen LogP contribution in [0.15, 0.2) is 24.3 Å². The third-order valence-electron chi connectivity index (χ3n) is 3.87. The van der Waals surface area contributed by atoms with Gasteiger partial charge in [0.25, 0.3) is 0 Å². The number of hydrogen-bond acceptors (Lipinski definition) is 2. The Hall–Kier alpha value is -0.420. The van der Waals surface area contributed by atoms with Crippen LogP contribution >= 0.6 is 22.6 Å². The molecule has 1 aliphatic rings. The molecule has 19 heavy (non-hydrogen) atoms. The van der Waals surface area contributed by atoms with E-state index in [1.54, 1.807) is 0 Å². The number of Topliss-reactive ketones (excluding diaryl/α,β-unsaturated/α-hetero) is 1. The van der Waals surface area contributed by atoms with Crippen molar-refractivity contribution in [2.45, 2.75) is 51.0 Å². The summed E-state index contributed by atoms with van der Waals surface area (Å²) < 4.78 is 7.08. The van der Waals surface area contributed by atoms with Gasteiger partial charge >= 0.3 is 0 Å². The largest absolute Gasteiger partial charge is 0.367 e. The first-order chi connectivity index (χ1) is 9.16. The lowest BCUT2D eigenvalue weighted by atomic mass is 9.79. The van der Waals surface area contributed by atoms with Crippen LogP contribution in [0.25, 0.3) is 0 Å². The molecule has 0 aliphatic heterocycles. The van der Waals surface area contributed by atoms with Crippen LogP contribution in [-0.4, -0.2) is 18.0 Å². The predicted octanol–water partition coefficient (Wildman–Crippen LogP) is 4.14. The number of halogens is 1. The maximum atomic E-state index is 12.6. The Morgan fingerprint density at radius 2 is 1.84 bits per heavy atom. The van der Waals surface area contributed by atoms with E-state index in [0.717, 1.165) is 31.2 Å². The van der Waals surface area contributed by atoms with Crippen molar-refractivity contribution in [2.24, 2.45) is 0 Å². The van der Waals surface area contributed by atoms with Crippen molar-refractivity contribution in [3.63, 3.8) is 0 Å². The predicted molar refractivity (Wildman–Crippen MR) is 85.3 cm³/mol. The molecule has 0 spiro atoms. The highest BCUT2D eigenvalue weighted by Crippen LogP contribution is 2.33. The minimum Gasteiger partial charge on any atom is -0.367 e. The van der Waals surface area contributed by atoms with E-state index in [1.807, 2.05) is 19.1 Å². The summed E-state index contributed by atoms with van der Waals surface area (Å²) in [4.78, 5) is 12.6. The molecule has 0 bridgehead atoms. The second-order valence-electron chi connectivity index (χ2n) is 5.21. The smallest absolute Gasteiger partial charge is 0.168 e. The first-order valence-corrected chi connectivity index (χ1v) is 8.16. The molecule has 0 amide bonds. The lowest BCUT2D eigenvalue weighted by molar-refractivity contribution is -0.148. The monoisotopic (exact) mass is 372 g/mol. The lowest BCUT2D eigenvalue weighted by Gasteiger charge is -2.35. The van der Waals surface area contributed by atoms with Gasteiger partial charge in [0.2, 0.25) is 0 Å². The Kier molecular flexibility index (Phi) is 5.39. The number of carbonyl (C=O) groups is 1. The number of rotatable bonds is 5. The van der Waals surface area contributed by atoms with E-state index < -0.39 is 5.60 Å². The van der Waals surface area contributed by atoms with E-state index >= 15 is 0 Å². The molecular weight excluding hydrogens is 351 g/mol. The molecule has 1 aromatic carbocycles. The van der Waals surface area contributed by atoms with Gasteiger partial charge in [0.05, 0.1) is 0 Å². The maximum absolute atomic E-state index is 12.6. The van der Waals surface area contributed by atoms with Crippen LogP contribution in [0.5, 0.6) is 0 Å². The van der Waals surface area contributed by atoms with E-state index in [2.05, 4.69) is 34.7 Å². The van der Waals surface area contributed by atoms with Crippen LogP contribution in [0.1, 0.15) is 44.6 Å². The fourth-order valence-electron chi connectivity index (χ4n) is 2.85. The van der Waals surface area contributed by atoms with Crippen LogP contribution in [0.2, 0.25) is 0 Å². The van der Waals surface area contributed by atoms with E-state index in [4.69, 9.17) is 4.74 Å². The van der Waals surface area contributed by atoms with Crippen LogP contribution in [0, 0.1) is 3.57 Å². The topological polar surface area (TPSA) is 26.3 Å². The van der Waals surface area contributed by atoms with Crippen molar-refractivity contribution in [1.29, 1.82) is 0 Å². The molecule has 104 valence electrons. The fraction of sp³-hybridized carbons (Fsp3) is 0.562. The Balaban J connectivity index is 2.09. The molecule has 1 saturated carbocycles. The van der Waals surface area contributed by atoms with Crippen molar-refractivity contribution in [2.75, 3.05) is 6.61 Å². The first-order valence-electron chi connectivity index (χ1n) is 7.08. The summed E-state index contributed by atoms with van der Waals surface area (Å²) in [5.74, 6) is 0.259. The van der Waals surface area contributed by atoms with E-state index in [1.165, 1.54) is 9.99 Å². The Morgan fingerprint density at radius 1 is 1.21 bits per heavy atom. The Labute approximate surface area is 129 Å². The molecule has 3 heteroatoms. The van der Waals surface area contributed by atoms with E-state index in [9.17, 15) is 4.79 Å². The molecule has 2 nitrogen and oxygen atoms in total. The van der Waals surface area contributed by atoms with Gasteiger partial charge in [0, 0.05) is 16.6 Å². The SMILES string of the molecule is CCOC1(C(=O)Cc2ccc(I)cc2)CCCCC1. The molecule has 0 unspecified atom stereocenters. The summed E-state index contributed by atoms with van der Waals surface area (Å²) in [6.45, 7) is 2.60. The second-order valence-corrected chi connectivity index (χ2v) is 6.46. The molecule has 0 heterocycles. The third-order valence-corrected chi connectivity index (χ3v) is 4.59. The van der Waals surface area contributed by atoms with Crippen molar-refractivity contribution in [3.05, 3.63) is 33.4 Å². The van der Waals surface area contributed by atoms with Crippen molar-refractivity contribution < 1.29 is 9.53 Å². The van der Waals surface area contributed by atoms with Crippen molar-refractivity contribution in [3.8, 4) is 0 Å². The lowest BCUT2D eigenvalue weighted by Crippen LogP contribution is -2.44. The zero-order chi connectivity index (χ0) is 13.7. The van der Waals surface area contributed by atoms with Crippen LogP contribution in [-0.2, 0) is 16.0 Å². The molecule has 1 aromatic rings. The molecular formula is C16H21IO2. The number of benzene rings is 1. The number of carbonyl (C=O) groups excluding carboxylic acids is 1. The summed E-state index contributed by atoms with van der Waals surface area (Å²) in [6.07, 6.45) is 5.73. The molecule has 0 saturated heterocycles. The van der Waals surface area contributed by atoms with Crippen LogP contribution in [0.3, 0.4) is 0 Å². The van der Waals surface area contributed by atoms with Gasteiger partial charge in [-0.2, -0.15) is 0 Å². The summed E-state index contributed by atoms with van der Waals surface area (Å²) in [5, 5.41) is 0. The van der Waals surface area contributed by atoms with Crippen molar-refractivity contribution in [1.82, 2.24) is 0 Å². The summed E-state index contributed by atoms with van der Waals surface area (Å²) in [5.41, 5.74) is 0.589. The third kappa shape index (κ3) is 3.78. The van der Waals surface area contributed by atoms with Gasteiger partial charge in [-0.3, -0.25) is 4.79 Å². The molecule has 0 radical (unpaired) electrons. The highest BCUT2D eigenvalue weighted by atomic mass is 127. The van der Waals surface area contributed by atoms with Gasteiger partial charge in [-0.05, 0) is 60.1 Å². The van der Waals surface area contributed by atoms with Gasteiger partial charge < -0.3 is 4.74 Å². The number of ketones is 1. The van der Waals surface area contributed by atoms with Crippen LogP contribution in [0.4, 0.5) is 0 Å². The van der Waals surface area contributed by atoms with E-state index in [-0.39, 0.29) is 5.78 Å². The highest BCUT2D eigenvalue weighted by Gasteiger charge is 2.39. The van der Waals surface area contributed by atoms with Gasteiger partial charge in [-0.15, -0.1) is 0 Å². The van der Waals surface area contributed by atoms with Crippen LogP contribution < -0.4 is 0 Å². The molecule has 1 aliphatic carbocycles. The summed E-state index contributed by atoms with van der Waals surface area (Å²) >= 11 is 2.28. The van der Waals surface area contributed by atoms with Gasteiger partial charge in [-0.1, -0.05) is 31.4 Å². The normalized spacial score (nSPS) is 18.2. The minimum absolute atomic E-state index is 0.259. The quantitative estimate of drug-likeness (QED) is 0.727. The zero-order valence-corrected chi connectivity index (χ0v) is 13.6. The zero-order valence-electron chi connectivity index (χ0n) is 11.5. The second kappa shape index (κ2) is 6.84. The Morgan fingerprint density at radius 3 is 2.42 bits per heavy atom. The summed E-state index contributed by atoms with van der Waals surface area (Å²) in [6, 6.07) is 8.19. The number of ether oxygens (including phenoxy) is 1. The molecule has 0 aromatic heterocycles. The molecule has 0 atom stereocenters. The standard InChI is InChI=1S/C16H21IO2/c1-2-19-16(10-4-3-5-11-16)15(18)12-13-6-8-14(17)9-7-13/h6-9H,2-5,10-12H2,1H3. The maximum Gasteiger partial charge on any atom is 0.168 e. The van der Waals surface area contributed by atoms with Gasteiger partial charge in [0.15, 0.2) is 5.78 Å². The number of hydrogen-bond donors (Lipinski definition) is 0. The average Bonchev–Trinajstić information content (AvgIpc) is 2.43. The summed E-state index contributed by atoms with van der Waals surface area (Å²) in [7, 11) is 0. The average molecular weight is 372 g/mol. The molecule has 1 fully saturated rings. The van der Waals surface area contributed by atoms with Gasteiger partial charge in [-0.25, -0.2) is 0 Å².